The van der Waals surface area contributed by atoms with E-state index in [-0.39, 0.29) is 5.91 Å². The summed E-state index contributed by atoms with van der Waals surface area (Å²) < 4.78 is 0. The Balaban J connectivity index is 1.81. The number of aromatic nitrogens is 1. The summed E-state index contributed by atoms with van der Waals surface area (Å²) in [6, 6.07) is 9.47. The number of thiazole rings is 1. The van der Waals surface area contributed by atoms with Gasteiger partial charge in [-0.3, -0.25) is 4.79 Å². The fourth-order valence-corrected chi connectivity index (χ4v) is 1.94. The molecule has 0 aliphatic rings. The van der Waals surface area contributed by atoms with Crippen molar-refractivity contribution in [1.29, 1.82) is 0 Å². The quantitative estimate of drug-likeness (QED) is 0.880. The lowest BCUT2D eigenvalue weighted by molar-refractivity contribution is -0.116. The molecule has 0 saturated carbocycles. The van der Waals surface area contributed by atoms with Gasteiger partial charge in [-0.1, -0.05) is 18.2 Å². The normalized spacial score (nSPS) is 10.0. The summed E-state index contributed by atoms with van der Waals surface area (Å²) in [5.41, 5.74) is 3.60. The first-order chi connectivity index (χ1) is 7.84. The van der Waals surface area contributed by atoms with Crippen LogP contribution in [0.15, 0.2) is 41.2 Å². The third-order valence-electron chi connectivity index (χ3n) is 2.15. The molecule has 3 nitrogen and oxygen atoms in total. The molecule has 0 fully saturated rings. The molecule has 4 heteroatoms. The second-order valence-corrected chi connectivity index (χ2v) is 4.11. The van der Waals surface area contributed by atoms with Gasteiger partial charge in [-0.2, -0.15) is 0 Å². The van der Waals surface area contributed by atoms with Crippen molar-refractivity contribution in [3.63, 3.8) is 0 Å². The molecule has 16 heavy (non-hydrogen) atoms. The first kappa shape index (κ1) is 10.8. The van der Waals surface area contributed by atoms with Crippen molar-refractivity contribution in [2.45, 2.75) is 12.8 Å². The largest absolute Gasteiger partial charge is 0.326 e. The molecular formula is C12H12N2OS. The van der Waals surface area contributed by atoms with E-state index >= 15 is 0 Å². The molecule has 2 rings (SSSR count). The number of carbonyl (C=O) groups excluding carboxylic acids is 1. The molecule has 0 atom stereocenters. The first-order valence-corrected chi connectivity index (χ1v) is 6.01. The average molecular weight is 232 g/mol. The minimum absolute atomic E-state index is 0.0270. The number of carbonyl (C=O) groups is 1. The van der Waals surface area contributed by atoms with Gasteiger partial charge in [0.05, 0.1) is 11.2 Å². The summed E-state index contributed by atoms with van der Waals surface area (Å²) in [7, 11) is 0. The van der Waals surface area contributed by atoms with E-state index in [9.17, 15) is 4.79 Å². The number of amides is 1. The summed E-state index contributed by atoms with van der Waals surface area (Å²) in [6.07, 6.45) is 1.17. The van der Waals surface area contributed by atoms with Crippen molar-refractivity contribution in [3.05, 3.63) is 46.9 Å². The zero-order valence-electron chi connectivity index (χ0n) is 8.72. The Morgan fingerprint density at radius 3 is 2.81 bits per heavy atom. The van der Waals surface area contributed by atoms with Gasteiger partial charge < -0.3 is 5.32 Å². The molecule has 1 N–H and O–H groups in total. The maximum atomic E-state index is 11.6. The van der Waals surface area contributed by atoms with Crippen molar-refractivity contribution in [3.8, 4) is 0 Å². The molecule has 82 valence electrons. The minimum atomic E-state index is 0.0270. The van der Waals surface area contributed by atoms with Gasteiger partial charge in [0.1, 0.15) is 0 Å². The fraction of sp³-hybridized carbons (Fsp3) is 0.167. The second kappa shape index (κ2) is 5.42. The fourth-order valence-electron chi connectivity index (χ4n) is 1.35. The smallest absolute Gasteiger partial charge is 0.224 e. The lowest BCUT2D eigenvalue weighted by Gasteiger charge is -2.03. The molecule has 0 unspecified atom stereocenters. The molecule has 0 bridgehead atoms. The number of benzene rings is 1. The number of rotatable bonds is 4. The highest BCUT2D eigenvalue weighted by atomic mass is 32.1. The summed E-state index contributed by atoms with van der Waals surface area (Å²) in [5, 5.41) is 4.81. The number of nitrogens with one attached hydrogen (secondary N) is 1. The van der Waals surface area contributed by atoms with E-state index < -0.39 is 0 Å². The Kier molecular flexibility index (Phi) is 3.66. The van der Waals surface area contributed by atoms with Crippen molar-refractivity contribution in [1.82, 2.24) is 4.98 Å². The molecule has 1 aromatic heterocycles. The lowest BCUT2D eigenvalue weighted by Crippen LogP contribution is -2.12. The van der Waals surface area contributed by atoms with Crippen LogP contribution in [0.2, 0.25) is 0 Å². The van der Waals surface area contributed by atoms with Crippen molar-refractivity contribution in [2.24, 2.45) is 0 Å². The molecule has 0 spiro atoms. The molecule has 2 aromatic rings. The van der Waals surface area contributed by atoms with Crippen LogP contribution in [0.1, 0.15) is 12.1 Å². The number of hydrogen-bond acceptors (Lipinski definition) is 3. The van der Waals surface area contributed by atoms with Crippen LogP contribution in [0.3, 0.4) is 0 Å². The van der Waals surface area contributed by atoms with E-state index in [2.05, 4.69) is 10.3 Å². The molecule has 0 saturated heterocycles. The van der Waals surface area contributed by atoms with Gasteiger partial charge in [-0.05, 0) is 18.6 Å². The first-order valence-electron chi connectivity index (χ1n) is 5.06. The minimum Gasteiger partial charge on any atom is -0.326 e. The van der Waals surface area contributed by atoms with Crippen molar-refractivity contribution >= 4 is 22.9 Å². The molecule has 1 heterocycles. The predicted octanol–water partition coefficient (Wildman–Crippen LogP) is 2.71. The van der Waals surface area contributed by atoms with Crippen LogP contribution >= 0.6 is 11.3 Å². The zero-order valence-corrected chi connectivity index (χ0v) is 9.54. The van der Waals surface area contributed by atoms with Crippen LogP contribution in [0.25, 0.3) is 0 Å². The van der Waals surface area contributed by atoms with Gasteiger partial charge in [-0.15, -0.1) is 11.3 Å². The highest BCUT2D eigenvalue weighted by Gasteiger charge is 2.03. The molecule has 1 aromatic carbocycles. The number of anilines is 1. The molecule has 0 aliphatic carbocycles. The van der Waals surface area contributed by atoms with Crippen LogP contribution in [0.4, 0.5) is 5.69 Å². The van der Waals surface area contributed by atoms with Crippen LogP contribution in [0, 0.1) is 0 Å². The highest BCUT2D eigenvalue weighted by Crippen LogP contribution is 2.08. The Morgan fingerprint density at radius 1 is 1.31 bits per heavy atom. The maximum absolute atomic E-state index is 11.6. The highest BCUT2D eigenvalue weighted by molar-refractivity contribution is 7.07. The third kappa shape index (κ3) is 3.17. The Labute approximate surface area is 98.2 Å². The summed E-state index contributed by atoms with van der Waals surface area (Å²) in [6.45, 7) is 0. The van der Waals surface area contributed by atoms with Gasteiger partial charge in [0.15, 0.2) is 0 Å². The average Bonchev–Trinajstić information content (AvgIpc) is 2.81. The second-order valence-electron chi connectivity index (χ2n) is 3.39. The topological polar surface area (TPSA) is 42.0 Å². The number of aryl methyl sites for hydroxylation is 1. The van der Waals surface area contributed by atoms with E-state index in [1.165, 1.54) is 0 Å². The standard InChI is InChI=1S/C12H12N2OS/c15-12(7-6-11-8-16-9-13-11)14-10-4-2-1-3-5-10/h1-5,8-9H,6-7H2,(H,14,15). The number of para-hydroxylation sites is 1. The Morgan fingerprint density at radius 2 is 2.12 bits per heavy atom. The lowest BCUT2D eigenvalue weighted by atomic mass is 10.2. The van der Waals surface area contributed by atoms with Gasteiger partial charge in [0.25, 0.3) is 0 Å². The summed E-state index contributed by atoms with van der Waals surface area (Å²) >= 11 is 1.55. The van der Waals surface area contributed by atoms with Gasteiger partial charge >= 0.3 is 0 Å². The molecular weight excluding hydrogens is 220 g/mol. The van der Waals surface area contributed by atoms with E-state index in [1.54, 1.807) is 16.8 Å². The van der Waals surface area contributed by atoms with Crippen LogP contribution in [0.5, 0.6) is 0 Å². The summed E-state index contributed by atoms with van der Waals surface area (Å²) in [4.78, 5) is 15.7. The predicted molar refractivity (Wildman–Crippen MR) is 65.5 cm³/mol. The Bertz CT molecular complexity index is 439. The number of nitrogens with zero attached hydrogens (tertiary/aromatic N) is 1. The van der Waals surface area contributed by atoms with Gasteiger partial charge in [0, 0.05) is 17.5 Å². The van der Waals surface area contributed by atoms with E-state index in [0.29, 0.717) is 12.8 Å². The van der Waals surface area contributed by atoms with E-state index in [4.69, 9.17) is 0 Å². The summed E-state index contributed by atoms with van der Waals surface area (Å²) in [5.74, 6) is 0.0270. The number of hydrogen-bond donors (Lipinski definition) is 1. The van der Waals surface area contributed by atoms with Gasteiger partial charge in [-0.25, -0.2) is 4.98 Å². The van der Waals surface area contributed by atoms with Crippen molar-refractivity contribution < 1.29 is 4.79 Å². The third-order valence-corrected chi connectivity index (χ3v) is 2.78. The molecule has 0 radical (unpaired) electrons. The molecule has 0 aliphatic heterocycles. The van der Waals surface area contributed by atoms with Crippen LogP contribution in [-0.2, 0) is 11.2 Å². The van der Waals surface area contributed by atoms with Crippen molar-refractivity contribution in [2.75, 3.05) is 5.32 Å². The molecule has 1 amide bonds. The van der Waals surface area contributed by atoms with Gasteiger partial charge in [0.2, 0.25) is 5.91 Å². The van der Waals surface area contributed by atoms with E-state index in [1.807, 2.05) is 35.7 Å². The monoisotopic (exact) mass is 232 g/mol. The SMILES string of the molecule is O=C(CCc1cscn1)Nc1ccccc1. The van der Waals surface area contributed by atoms with E-state index in [0.717, 1.165) is 11.4 Å². The van der Waals surface area contributed by atoms with Crippen LogP contribution in [-0.4, -0.2) is 10.9 Å². The maximum Gasteiger partial charge on any atom is 0.224 e. The van der Waals surface area contributed by atoms with Crippen LogP contribution < -0.4 is 5.32 Å². The zero-order chi connectivity index (χ0) is 11.2. The Hall–Kier alpha value is -1.68.